The summed E-state index contributed by atoms with van der Waals surface area (Å²) in [7, 11) is 1.96. The lowest BCUT2D eigenvalue weighted by Gasteiger charge is -2.20. The van der Waals surface area contributed by atoms with E-state index in [9.17, 15) is 4.79 Å². The highest BCUT2D eigenvalue weighted by molar-refractivity contribution is 5.76. The Morgan fingerprint density at radius 2 is 2.11 bits per heavy atom. The topological polar surface area (TPSA) is 46.1 Å². The number of hydrogen-bond donors (Lipinski definition) is 2. The molecule has 0 spiro atoms. The number of carbonyl (C=O) groups excluding carboxylic acids is 1. The molecule has 0 radical (unpaired) electrons. The Kier molecular flexibility index (Phi) is 4.96. The average Bonchev–Trinajstić information content (AvgIpc) is 2.65. The molecular formula is C14H25N3O. The van der Waals surface area contributed by atoms with Crippen LogP contribution in [-0.2, 0) is 11.3 Å². The second-order valence-corrected chi connectivity index (χ2v) is 5.66. The van der Waals surface area contributed by atoms with Gasteiger partial charge in [-0.05, 0) is 45.9 Å². The molecule has 0 bridgehead atoms. The third-order valence-corrected chi connectivity index (χ3v) is 2.77. The summed E-state index contributed by atoms with van der Waals surface area (Å²) in [6.45, 7) is 8.47. The van der Waals surface area contributed by atoms with Crippen LogP contribution in [-0.4, -0.2) is 23.1 Å². The highest BCUT2D eigenvalue weighted by atomic mass is 16.2. The Morgan fingerprint density at radius 3 is 2.61 bits per heavy atom. The van der Waals surface area contributed by atoms with Crippen molar-refractivity contribution < 1.29 is 4.79 Å². The second kappa shape index (κ2) is 6.05. The number of amides is 1. The molecule has 0 aliphatic carbocycles. The van der Waals surface area contributed by atoms with E-state index in [1.807, 2.05) is 44.8 Å². The van der Waals surface area contributed by atoms with Gasteiger partial charge in [0.05, 0.1) is 0 Å². The van der Waals surface area contributed by atoms with Crippen LogP contribution in [0.5, 0.6) is 0 Å². The predicted octanol–water partition coefficient (Wildman–Crippen LogP) is 2.07. The van der Waals surface area contributed by atoms with Crippen LogP contribution in [0.2, 0.25) is 0 Å². The molecule has 4 heteroatoms. The fourth-order valence-corrected chi connectivity index (χ4v) is 1.99. The standard InChI is InChI=1S/C14H25N3O/c1-6-12(15-5)11-7-8-17(9-11)10-13(18)16-14(2,3)4/h7-9,12,15H,6,10H2,1-5H3,(H,16,18). The summed E-state index contributed by atoms with van der Waals surface area (Å²) >= 11 is 0. The summed E-state index contributed by atoms with van der Waals surface area (Å²) in [5, 5.41) is 6.22. The van der Waals surface area contributed by atoms with Crippen molar-refractivity contribution >= 4 is 5.91 Å². The van der Waals surface area contributed by atoms with Gasteiger partial charge in [0.25, 0.3) is 0 Å². The number of nitrogens with one attached hydrogen (secondary N) is 2. The minimum Gasteiger partial charge on any atom is -0.350 e. The van der Waals surface area contributed by atoms with E-state index in [2.05, 4.69) is 23.6 Å². The fraction of sp³-hybridized carbons (Fsp3) is 0.643. The van der Waals surface area contributed by atoms with Crippen LogP contribution in [0, 0.1) is 0 Å². The maximum atomic E-state index is 11.8. The average molecular weight is 251 g/mol. The molecule has 0 saturated heterocycles. The molecule has 1 aromatic rings. The quantitative estimate of drug-likeness (QED) is 0.841. The van der Waals surface area contributed by atoms with Gasteiger partial charge in [-0.15, -0.1) is 0 Å². The zero-order chi connectivity index (χ0) is 13.8. The number of hydrogen-bond acceptors (Lipinski definition) is 2. The normalized spacial score (nSPS) is 13.4. The lowest BCUT2D eigenvalue weighted by molar-refractivity contribution is -0.123. The van der Waals surface area contributed by atoms with Crippen molar-refractivity contribution in [2.75, 3.05) is 7.05 Å². The van der Waals surface area contributed by atoms with Gasteiger partial charge in [-0.3, -0.25) is 4.79 Å². The van der Waals surface area contributed by atoms with Crippen LogP contribution < -0.4 is 10.6 Å². The third-order valence-electron chi connectivity index (χ3n) is 2.77. The van der Waals surface area contributed by atoms with Gasteiger partial charge in [-0.2, -0.15) is 0 Å². The van der Waals surface area contributed by atoms with Crippen LogP contribution in [0.15, 0.2) is 18.5 Å². The molecule has 0 aliphatic heterocycles. The van der Waals surface area contributed by atoms with Crippen LogP contribution >= 0.6 is 0 Å². The fourth-order valence-electron chi connectivity index (χ4n) is 1.99. The zero-order valence-corrected chi connectivity index (χ0v) is 12.1. The van der Waals surface area contributed by atoms with E-state index in [4.69, 9.17) is 0 Å². The Hall–Kier alpha value is -1.29. The summed E-state index contributed by atoms with van der Waals surface area (Å²) in [6, 6.07) is 2.42. The van der Waals surface area contributed by atoms with Crippen LogP contribution in [0.25, 0.3) is 0 Å². The number of carbonyl (C=O) groups is 1. The molecule has 1 amide bonds. The SMILES string of the molecule is CCC(NC)c1ccn(CC(=O)NC(C)(C)C)c1. The minimum atomic E-state index is -0.177. The van der Waals surface area contributed by atoms with E-state index < -0.39 is 0 Å². The maximum absolute atomic E-state index is 11.8. The van der Waals surface area contributed by atoms with E-state index in [0.717, 1.165) is 6.42 Å². The molecule has 0 fully saturated rings. The van der Waals surface area contributed by atoms with Gasteiger partial charge in [0.1, 0.15) is 6.54 Å². The van der Waals surface area contributed by atoms with Gasteiger partial charge in [0, 0.05) is 24.0 Å². The number of aromatic nitrogens is 1. The highest BCUT2D eigenvalue weighted by Gasteiger charge is 2.14. The van der Waals surface area contributed by atoms with Crippen LogP contribution in [0.1, 0.15) is 45.7 Å². The summed E-state index contributed by atoms with van der Waals surface area (Å²) in [5.74, 6) is 0.0437. The first-order chi connectivity index (χ1) is 8.35. The molecule has 1 heterocycles. The third kappa shape index (κ3) is 4.53. The van der Waals surface area contributed by atoms with E-state index >= 15 is 0 Å². The number of nitrogens with zero attached hydrogens (tertiary/aromatic N) is 1. The molecule has 1 atom stereocenters. The minimum absolute atomic E-state index is 0.0437. The van der Waals surface area contributed by atoms with Crippen molar-refractivity contribution in [3.8, 4) is 0 Å². The van der Waals surface area contributed by atoms with Gasteiger partial charge in [0.15, 0.2) is 0 Å². The molecule has 18 heavy (non-hydrogen) atoms. The maximum Gasteiger partial charge on any atom is 0.240 e. The van der Waals surface area contributed by atoms with Crippen LogP contribution in [0.4, 0.5) is 0 Å². The predicted molar refractivity (Wildman–Crippen MR) is 74.4 cm³/mol. The van der Waals surface area contributed by atoms with Gasteiger partial charge >= 0.3 is 0 Å². The Balaban J connectivity index is 2.61. The molecule has 4 nitrogen and oxygen atoms in total. The molecule has 0 saturated carbocycles. The van der Waals surface area contributed by atoms with E-state index in [1.165, 1.54) is 5.56 Å². The van der Waals surface area contributed by atoms with E-state index in [0.29, 0.717) is 12.6 Å². The van der Waals surface area contributed by atoms with Gasteiger partial charge in [-0.1, -0.05) is 6.92 Å². The first-order valence-electron chi connectivity index (χ1n) is 6.49. The smallest absolute Gasteiger partial charge is 0.240 e. The molecule has 2 N–H and O–H groups in total. The molecule has 0 aliphatic rings. The first kappa shape index (κ1) is 14.8. The molecule has 1 unspecified atom stereocenters. The zero-order valence-electron chi connectivity index (χ0n) is 12.1. The second-order valence-electron chi connectivity index (χ2n) is 5.66. The molecule has 102 valence electrons. The summed E-state index contributed by atoms with van der Waals surface area (Å²) in [5.41, 5.74) is 1.05. The van der Waals surface area contributed by atoms with Gasteiger partial charge in [-0.25, -0.2) is 0 Å². The molecular weight excluding hydrogens is 226 g/mol. The summed E-state index contributed by atoms with van der Waals surface area (Å²) in [6.07, 6.45) is 5.03. The van der Waals surface area contributed by atoms with Gasteiger partial charge < -0.3 is 15.2 Å². The molecule has 1 rings (SSSR count). The van der Waals surface area contributed by atoms with Crippen molar-refractivity contribution in [3.05, 3.63) is 24.0 Å². The Morgan fingerprint density at radius 1 is 1.44 bits per heavy atom. The van der Waals surface area contributed by atoms with Crippen LogP contribution in [0.3, 0.4) is 0 Å². The van der Waals surface area contributed by atoms with E-state index in [1.54, 1.807) is 0 Å². The monoisotopic (exact) mass is 251 g/mol. The highest BCUT2D eigenvalue weighted by Crippen LogP contribution is 2.16. The molecule has 1 aromatic heterocycles. The Bertz CT molecular complexity index is 386. The van der Waals surface area contributed by atoms with Crippen molar-refractivity contribution in [1.82, 2.24) is 15.2 Å². The van der Waals surface area contributed by atoms with Crippen molar-refractivity contribution in [2.24, 2.45) is 0 Å². The lowest BCUT2D eigenvalue weighted by atomic mass is 10.1. The summed E-state index contributed by atoms with van der Waals surface area (Å²) in [4.78, 5) is 11.8. The summed E-state index contributed by atoms with van der Waals surface area (Å²) < 4.78 is 1.93. The molecule has 0 aromatic carbocycles. The van der Waals surface area contributed by atoms with E-state index in [-0.39, 0.29) is 11.4 Å². The van der Waals surface area contributed by atoms with Crippen molar-refractivity contribution in [2.45, 2.75) is 52.2 Å². The Labute approximate surface area is 110 Å². The lowest BCUT2D eigenvalue weighted by Crippen LogP contribution is -2.42. The number of rotatable bonds is 5. The van der Waals surface area contributed by atoms with Gasteiger partial charge in [0.2, 0.25) is 5.91 Å². The largest absolute Gasteiger partial charge is 0.350 e. The van der Waals surface area contributed by atoms with Crippen molar-refractivity contribution in [3.63, 3.8) is 0 Å². The first-order valence-corrected chi connectivity index (χ1v) is 6.49. The van der Waals surface area contributed by atoms with Crippen molar-refractivity contribution in [1.29, 1.82) is 0 Å².